The zero-order chi connectivity index (χ0) is 25.7. The minimum atomic E-state index is -0.292. The largest absolute Gasteiger partial charge is 0.505 e. The van der Waals surface area contributed by atoms with Gasteiger partial charge in [0, 0.05) is 17.8 Å². The summed E-state index contributed by atoms with van der Waals surface area (Å²) in [5.41, 5.74) is 0.533. The maximum atomic E-state index is 11.8. The van der Waals surface area contributed by atoms with Crippen LogP contribution in [0.15, 0.2) is 11.1 Å². The SMILES string of the molecule is CCCCCCCCCCCCCc1c(O)c(O)cc(N=CCCC(=O)OCCCCCC)c1O. The molecule has 0 saturated heterocycles. The van der Waals surface area contributed by atoms with Gasteiger partial charge in [0.2, 0.25) is 0 Å². The number of phenolic OH excluding ortho intramolecular Hbond substituents is 3. The number of esters is 1. The van der Waals surface area contributed by atoms with E-state index < -0.39 is 0 Å². The Morgan fingerprint density at radius 2 is 1.34 bits per heavy atom. The third-order valence-electron chi connectivity index (χ3n) is 6.33. The molecule has 0 aromatic heterocycles. The lowest BCUT2D eigenvalue weighted by Crippen LogP contribution is -2.05. The molecule has 200 valence electrons. The van der Waals surface area contributed by atoms with E-state index in [-0.39, 0.29) is 35.3 Å². The number of aliphatic imine (C=N–C) groups is 1. The molecule has 0 bridgehead atoms. The number of hydrogen-bond donors (Lipinski definition) is 3. The molecular formula is C29H49NO5. The molecule has 0 heterocycles. The van der Waals surface area contributed by atoms with Crippen LogP contribution in [0.1, 0.15) is 129 Å². The molecule has 6 nitrogen and oxygen atoms in total. The van der Waals surface area contributed by atoms with E-state index in [2.05, 4.69) is 18.8 Å². The lowest BCUT2D eigenvalue weighted by Gasteiger charge is -2.11. The Bertz CT molecular complexity index is 732. The van der Waals surface area contributed by atoms with E-state index in [0.717, 1.165) is 44.9 Å². The molecule has 0 aliphatic heterocycles. The predicted octanol–water partition coefficient (Wildman–Crippen LogP) is 8.26. The molecule has 0 atom stereocenters. The minimum absolute atomic E-state index is 0.109. The third-order valence-corrected chi connectivity index (χ3v) is 6.33. The summed E-state index contributed by atoms with van der Waals surface area (Å²) < 4.78 is 5.20. The van der Waals surface area contributed by atoms with Crippen molar-refractivity contribution in [3.8, 4) is 17.2 Å². The number of hydrogen-bond acceptors (Lipinski definition) is 6. The van der Waals surface area contributed by atoms with E-state index in [0.29, 0.717) is 25.0 Å². The van der Waals surface area contributed by atoms with Crippen LogP contribution < -0.4 is 0 Å². The van der Waals surface area contributed by atoms with E-state index in [9.17, 15) is 20.1 Å². The molecule has 0 aliphatic carbocycles. The quantitative estimate of drug-likeness (QED) is 0.0528. The van der Waals surface area contributed by atoms with E-state index in [1.807, 2.05) is 0 Å². The Balaban J connectivity index is 2.36. The first-order valence-corrected chi connectivity index (χ1v) is 14.0. The molecule has 6 heteroatoms. The van der Waals surface area contributed by atoms with Gasteiger partial charge in [-0.05, 0) is 25.7 Å². The lowest BCUT2D eigenvalue weighted by atomic mass is 10.0. The summed E-state index contributed by atoms with van der Waals surface area (Å²) in [7, 11) is 0. The summed E-state index contributed by atoms with van der Waals surface area (Å²) >= 11 is 0. The highest BCUT2D eigenvalue weighted by Crippen LogP contribution is 2.43. The number of rotatable bonds is 21. The molecule has 0 unspecified atom stereocenters. The van der Waals surface area contributed by atoms with E-state index in [4.69, 9.17) is 4.74 Å². The van der Waals surface area contributed by atoms with Gasteiger partial charge in [-0.25, -0.2) is 0 Å². The van der Waals surface area contributed by atoms with Crippen LogP contribution in [0, 0.1) is 0 Å². The van der Waals surface area contributed by atoms with Gasteiger partial charge >= 0.3 is 5.97 Å². The molecule has 3 N–H and O–H groups in total. The van der Waals surface area contributed by atoms with Gasteiger partial charge in [-0.1, -0.05) is 97.3 Å². The van der Waals surface area contributed by atoms with Crippen molar-refractivity contribution in [2.24, 2.45) is 4.99 Å². The molecule has 0 radical (unpaired) electrons. The Morgan fingerprint density at radius 1 is 0.800 bits per heavy atom. The second-order valence-corrected chi connectivity index (χ2v) is 9.51. The first-order valence-electron chi connectivity index (χ1n) is 14.0. The number of nitrogens with zero attached hydrogens (tertiary/aromatic N) is 1. The first kappa shape index (κ1) is 30.8. The molecule has 0 fully saturated rings. The standard InChI is InChI=1S/C29H49NO5/c1-3-5-7-9-10-11-12-13-14-15-16-19-24-28(33)25(23-26(31)29(24)34)30-21-18-20-27(32)35-22-17-8-6-4-2/h21,23,31,33-34H,3-20,22H2,1-2H3. The average molecular weight is 492 g/mol. The van der Waals surface area contributed by atoms with Gasteiger partial charge in [0.1, 0.15) is 11.4 Å². The van der Waals surface area contributed by atoms with Gasteiger partial charge in [-0.2, -0.15) is 0 Å². The molecule has 1 rings (SSSR count). The van der Waals surface area contributed by atoms with E-state index >= 15 is 0 Å². The van der Waals surface area contributed by atoms with Crippen molar-refractivity contribution in [3.05, 3.63) is 11.6 Å². The number of phenols is 3. The summed E-state index contributed by atoms with van der Waals surface area (Å²) in [6, 6.07) is 1.25. The van der Waals surface area contributed by atoms with Crippen LogP contribution in [-0.2, 0) is 16.0 Å². The third kappa shape index (κ3) is 14.0. The van der Waals surface area contributed by atoms with Crippen LogP contribution in [0.25, 0.3) is 0 Å². The van der Waals surface area contributed by atoms with Crippen LogP contribution in [0.2, 0.25) is 0 Å². The number of unbranched alkanes of at least 4 members (excludes halogenated alkanes) is 13. The predicted molar refractivity (Wildman–Crippen MR) is 144 cm³/mol. The summed E-state index contributed by atoms with van der Waals surface area (Å²) in [6.45, 7) is 4.83. The van der Waals surface area contributed by atoms with Crippen LogP contribution >= 0.6 is 0 Å². The Labute approximate surface area is 212 Å². The second-order valence-electron chi connectivity index (χ2n) is 9.51. The molecule has 35 heavy (non-hydrogen) atoms. The molecule has 0 amide bonds. The van der Waals surface area contributed by atoms with Crippen molar-refractivity contribution in [2.45, 2.75) is 129 Å². The molecule has 1 aromatic rings. The van der Waals surface area contributed by atoms with Gasteiger partial charge in [-0.3, -0.25) is 9.79 Å². The molecule has 1 aromatic carbocycles. The maximum absolute atomic E-state index is 11.8. The van der Waals surface area contributed by atoms with E-state index in [1.54, 1.807) is 0 Å². The van der Waals surface area contributed by atoms with Crippen LogP contribution in [0.5, 0.6) is 17.2 Å². The summed E-state index contributed by atoms with van der Waals surface area (Å²) in [6.07, 6.45) is 20.3. The molecular weight excluding hydrogens is 442 g/mol. The van der Waals surface area contributed by atoms with Crippen molar-refractivity contribution in [2.75, 3.05) is 6.61 Å². The Morgan fingerprint density at radius 3 is 1.94 bits per heavy atom. The zero-order valence-electron chi connectivity index (χ0n) is 22.2. The van der Waals surface area contributed by atoms with Crippen molar-refractivity contribution in [1.82, 2.24) is 0 Å². The van der Waals surface area contributed by atoms with Gasteiger partial charge in [0.05, 0.1) is 13.0 Å². The highest BCUT2D eigenvalue weighted by molar-refractivity contribution is 5.76. The normalized spacial score (nSPS) is 11.4. The van der Waals surface area contributed by atoms with Crippen molar-refractivity contribution >= 4 is 17.9 Å². The lowest BCUT2D eigenvalue weighted by molar-refractivity contribution is -0.143. The highest BCUT2D eigenvalue weighted by atomic mass is 16.5. The van der Waals surface area contributed by atoms with Crippen LogP contribution in [-0.4, -0.2) is 34.1 Å². The number of benzene rings is 1. The number of carbonyl (C=O) groups is 1. The van der Waals surface area contributed by atoms with Gasteiger partial charge in [0.25, 0.3) is 0 Å². The van der Waals surface area contributed by atoms with Crippen molar-refractivity contribution in [1.29, 1.82) is 0 Å². The van der Waals surface area contributed by atoms with Crippen LogP contribution in [0.3, 0.4) is 0 Å². The minimum Gasteiger partial charge on any atom is -0.505 e. The van der Waals surface area contributed by atoms with Crippen molar-refractivity contribution in [3.63, 3.8) is 0 Å². The molecule has 0 aliphatic rings. The topological polar surface area (TPSA) is 99.4 Å². The fourth-order valence-corrected chi connectivity index (χ4v) is 4.12. The summed E-state index contributed by atoms with van der Waals surface area (Å²) in [4.78, 5) is 16.0. The smallest absolute Gasteiger partial charge is 0.306 e. The number of ether oxygens (including phenoxy) is 1. The van der Waals surface area contributed by atoms with Crippen molar-refractivity contribution < 1.29 is 24.9 Å². The fraction of sp³-hybridized carbons (Fsp3) is 0.724. The van der Waals surface area contributed by atoms with Gasteiger partial charge in [-0.15, -0.1) is 0 Å². The zero-order valence-corrected chi connectivity index (χ0v) is 22.2. The average Bonchev–Trinajstić information content (AvgIpc) is 2.85. The molecule has 0 spiro atoms. The monoisotopic (exact) mass is 491 g/mol. The van der Waals surface area contributed by atoms with E-state index in [1.165, 1.54) is 63.6 Å². The first-order chi connectivity index (χ1) is 17.0. The number of carbonyl (C=O) groups excluding carboxylic acids is 1. The second kappa shape index (κ2) is 20.0. The molecule has 0 saturated carbocycles. The Kier molecular flexibility index (Phi) is 17.6. The van der Waals surface area contributed by atoms with Gasteiger partial charge in [0.15, 0.2) is 11.5 Å². The van der Waals surface area contributed by atoms with Crippen LogP contribution in [0.4, 0.5) is 5.69 Å². The van der Waals surface area contributed by atoms with Gasteiger partial charge < -0.3 is 20.1 Å². The fourth-order valence-electron chi connectivity index (χ4n) is 4.12. The maximum Gasteiger partial charge on any atom is 0.306 e. The summed E-state index contributed by atoms with van der Waals surface area (Å²) in [5.74, 6) is -0.940. The number of aromatic hydroxyl groups is 3. The highest BCUT2D eigenvalue weighted by Gasteiger charge is 2.16. The summed E-state index contributed by atoms with van der Waals surface area (Å²) in [5, 5.41) is 30.9. The Hall–Kier alpha value is -2.24.